The Kier molecular flexibility index (Phi) is 7.69. The number of methoxy groups -OCH3 is 1. The molecule has 0 saturated heterocycles. The first-order valence-corrected chi connectivity index (χ1v) is 14.4. The maximum atomic E-state index is 14.9. The topological polar surface area (TPSA) is 76.7 Å². The van der Waals surface area contributed by atoms with Crippen LogP contribution in [-0.4, -0.2) is 37.6 Å². The van der Waals surface area contributed by atoms with Crippen molar-refractivity contribution in [3.63, 3.8) is 0 Å². The largest absolute Gasteiger partial charge is 0.496 e. The third-order valence-electron chi connectivity index (χ3n) is 10.1. The average Bonchev–Trinajstić information content (AvgIpc) is 3.47. The summed E-state index contributed by atoms with van der Waals surface area (Å²) in [4.78, 5) is 26.9. The molecule has 7 heteroatoms. The van der Waals surface area contributed by atoms with Crippen molar-refractivity contribution in [1.82, 2.24) is 10.6 Å². The van der Waals surface area contributed by atoms with Gasteiger partial charge in [0.2, 0.25) is 5.91 Å². The molecule has 2 N–H and O–H groups in total. The summed E-state index contributed by atoms with van der Waals surface area (Å²) in [5.74, 6) is 0.522. The summed E-state index contributed by atoms with van der Waals surface area (Å²) in [5, 5.41) is 6.42. The predicted molar refractivity (Wildman–Crippen MR) is 140 cm³/mol. The van der Waals surface area contributed by atoms with Crippen LogP contribution in [0.5, 0.6) is 11.5 Å². The molecule has 37 heavy (non-hydrogen) atoms. The number of fused-ring (bicyclic) bond motifs is 2. The molecule has 2 amide bonds. The summed E-state index contributed by atoms with van der Waals surface area (Å²) in [7, 11) is 1.44. The van der Waals surface area contributed by atoms with Gasteiger partial charge in [0.15, 0.2) is 11.6 Å². The number of carbonyl (C=O) groups excluding carboxylic acids is 2. The fraction of sp³-hybridized carbons (Fsp3) is 0.733. The quantitative estimate of drug-likeness (QED) is 0.448. The number of nitrogens with one attached hydrogen (secondary N) is 2. The fourth-order valence-corrected chi connectivity index (χ4v) is 7.33. The van der Waals surface area contributed by atoms with Crippen molar-refractivity contribution in [1.29, 1.82) is 0 Å². The second-order valence-electron chi connectivity index (χ2n) is 12.3. The molecule has 6 nitrogen and oxygen atoms in total. The molecular weight excluding hydrogens is 471 g/mol. The minimum Gasteiger partial charge on any atom is -0.496 e. The highest BCUT2D eigenvalue weighted by Gasteiger charge is 2.52. The van der Waals surface area contributed by atoms with Crippen LogP contribution in [0, 0.1) is 34.9 Å². The number of rotatable bonds is 9. The van der Waals surface area contributed by atoms with Gasteiger partial charge in [0.25, 0.3) is 5.91 Å². The Morgan fingerprint density at radius 3 is 2.43 bits per heavy atom. The maximum absolute atomic E-state index is 14.9. The van der Waals surface area contributed by atoms with Crippen LogP contribution in [0.4, 0.5) is 4.39 Å². The molecule has 5 rings (SSSR count). The molecule has 0 aromatic heterocycles. The average molecular weight is 515 g/mol. The van der Waals surface area contributed by atoms with E-state index in [0.29, 0.717) is 17.8 Å². The van der Waals surface area contributed by atoms with E-state index in [9.17, 15) is 14.0 Å². The molecule has 4 aliphatic rings. The zero-order chi connectivity index (χ0) is 26.2. The molecule has 4 atom stereocenters. The van der Waals surface area contributed by atoms with E-state index in [1.54, 1.807) is 0 Å². The minimum atomic E-state index is -0.523. The van der Waals surface area contributed by atoms with Gasteiger partial charge < -0.3 is 20.1 Å². The Bertz CT molecular complexity index is 996. The molecule has 0 spiro atoms. The van der Waals surface area contributed by atoms with Crippen LogP contribution < -0.4 is 20.1 Å². The van der Waals surface area contributed by atoms with Crippen LogP contribution in [0.2, 0.25) is 0 Å². The zero-order valence-corrected chi connectivity index (χ0v) is 22.6. The summed E-state index contributed by atoms with van der Waals surface area (Å²) in [6.45, 7) is 5.16. The summed E-state index contributed by atoms with van der Waals surface area (Å²) in [6, 6.07) is 2.50. The third-order valence-corrected chi connectivity index (χ3v) is 10.1. The fourth-order valence-electron chi connectivity index (χ4n) is 7.33. The van der Waals surface area contributed by atoms with Crippen LogP contribution in [-0.2, 0) is 4.79 Å². The Morgan fingerprint density at radius 1 is 1.05 bits per heavy atom. The maximum Gasteiger partial charge on any atom is 0.255 e. The molecule has 4 saturated carbocycles. The Balaban J connectivity index is 1.29. The Labute approximate surface area is 220 Å². The van der Waals surface area contributed by atoms with E-state index in [2.05, 4.69) is 24.5 Å². The van der Waals surface area contributed by atoms with Gasteiger partial charge >= 0.3 is 0 Å². The molecule has 1 aromatic rings. The normalized spacial score (nSPS) is 31.9. The van der Waals surface area contributed by atoms with Crippen LogP contribution in [0.25, 0.3) is 0 Å². The lowest BCUT2D eigenvalue weighted by molar-refractivity contribution is -0.128. The molecular formula is C30H43FN2O4. The summed E-state index contributed by atoms with van der Waals surface area (Å²) >= 11 is 0. The number of halogens is 1. The third kappa shape index (κ3) is 5.33. The number of hydrogen-bond acceptors (Lipinski definition) is 4. The van der Waals surface area contributed by atoms with E-state index in [-0.39, 0.29) is 52.4 Å². The van der Waals surface area contributed by atoms with Gasteiger partial charge in [-0.1, -0.05) is 20.3 Å². The van der Waals surface area contributed by atoms with Gasteiger partial charge in [-0.15, -0.1) is 0 Å². The first kappa shape index (κ1) is 26.3. The van der Waals surface area contributed by atoms with Gasteiger partial charge in [-0.3, -0.25) is 9.59 Å². The number of benzene rings is 1. The van der Waals surface area contributed by atoms with Crippen LogP contribution in [0.3, 0.4) is 0 Å². The van der Waals surface area contributed by atoms with Gasteiger partial charge in [0.1, 0.15) is 5.75 Å². The van der Waals surface area contributed by atoms with Gasteiger partial charge in [-0.25, -0.2) is 4.39 Å². The highest BCUT2D eigenvalue weighted by molar-refractivity contribution is 5.98. The number of hydrogen-bond donors (Lipinski definition) is 2. The van der Waals surface area contributed by atoms with Gasteiger partial charge in [0, 0.05) is 18.7 Å². The van der Waals surface area contributed by atoms with Crippen LogP contribution in [0.1, 0.15) is 94.8 Å². The van der Waals surface area contributed by atoms with E-state index >= 15 is 0 Å². The number of amides is 2. The highest BCUT2D eigenvalue weighted by atomic mass is 19.1. The predicted octanol–water partition coefficient (Wildman–Crippen LogP) is 5.63. The molecule has 0 aliphatic heterocycles. The smallest absolute Gasteiger partial charge is 0.255 e. The van der Waals surface area contributed by atoms with Gasteiger partial charge in [-0.2, -0.15) is 0 Å². The van der Waals surface area contributed by atoms with Crippen molar-refractivity contribution in [3.8, 4) is 11.5 Å². The van der Waals surface area contributed by atoms with Crippen molar-refractivity contribution in [2.75, 3.05) is 13.7 Å². The molecule has 4 aliphatic carbocycles. The minimum absolute atomic E-state index is 0.0456. The molecule has 0 unspecified atom stereocenters. The molecule has 4 fully saturated rings. The summed E-state index contributed by atoms with van der Waals surface area (Å²) < 4.78 is 26.3. The van der Waals surface area contributed by atoms with E-state index in [1.165, 1.54) is 38.5 Å². The van der Waals surface area contributed by atoms with E-state index in [1.807, 2.05) is 0 Å². The number of carbonyl (C=O) groups is 2. The highest BCUT2D eigenvalue weighted by Crippen LogP contribution is 2.49. The van der Waals surface area contributed by atoms with Crippen molar-refractivity contribution >= 4 is 11.8 Å². The lowest BCUT2D eigenvalue weighted by Gasteiger charge is -2.42. The lowest BCUT2D eigenvalue weighted by Crippen LogP contribution is -2.52. The standard InChI is InChI=1S/C30H43FN2O4/c1-4-30(12-5-13-30)17-32-29(35)26-19-8-9-20(14-19)27(26)33-28(34)22-15-25(23(31)16-24(22)36-3)37-21-10-6-18(2)7-11-21/h15-16,18-21,26-27H,4-14,17H2,1-3H3,(H,32,35)(H,33,34)/t18-,19-,20+,21-,26+,27-/m1/s1. The van der Waals surface area contributed by atoms with Crippen LogP contribution in [0.15, 0.2) is 12.1 Å². The van der Waals surface area contributed by atoms with Gasteiger partial charge in [-0.05, 0) is 93.4 Å². The summed E-state index contributed by atoms with van der Waals surface area (Å²) in [5.41, 5.74) is 0.504. The molecule has 204 valence electrons. The van der Waals surface area contributed by atoms with Crippen molar-refractivity contribution in [2.45, 2.75) is 96.6 Å². The van der Waals surface area contributed by atoms with E-state index < -0.39 is 5.82 Å². The Morgan fingerprint density at radius 2 is 1.78 bits per heavy atom. The molecule has 0 heterocycles. The second-order valence-corrected chi connectivity index (χ2v) is 12.3. The first-order chi connectivity index (χ1) is 17.8. The van der Waals surface area contributed by atoms with Crippen LogP contribution >= 0.6 is 0 Å². The monoisotopic (exact) mass is 514 g/mol. The van der Waals surface area contributed by atoms with Crippen molar-refractivity contribution in [2.24, 2.45) is 29.1 Å². The summed E-state index contributed by atoms with van der Waals surface area (Å²) in [6.07, 6.45) is 11.5. The Hall–Kier alpha value is -2.31. The first-order valence-electron chi connectivity index (χ1n) is 14.4. The lowest BCUT2D eigenvalue weighted by atomic mass is 9.67. The van der Waals surface area contributed by atoms with Crippen molar-refractivity contribution < 1.29 is 23.5 Å². The zero-order valence-electron chi connectivity index (χ0n) is 22.6. The molecule has 1 aromatic carbocycles. The molecule has 2 bridgehead atoms. The van der Waals surface area contributed by atoms with Gasteiger partial charge in [0.05, 0.1) is 24.7 Å². The molecule has 0 radical (unpaired) electrons. The number of ether oxygens (including phenoxy) is 2. The van der Waals surface area contributed by atoms with E-state index in [0.717, 1.165) is 57.9 Å². The SMILES string of the molecule is CCC1(CNC(=O)[C@H]2[C@@H]3CC[C@@H](C3)[C@H]2NC(=O)c2cc(O[C@H]3CC[C@H](C)CC3)c(F)cc2OC)CCC1. The second kappa shape index (κ2) is 10.8. The van der Waals surface area contributed by atoms with E-state index in [4.69, 9.17) is 9.47 Å². The van der Waals surface area contributed by atoms with Crippen molar-refractivity contribution in [3.05, 3.63) is 23.5 Å².